The van der Waals surface area contributed by atoms with Crippen LogP contribution in [0.25, 0.3) is 0 Å². The van der Waals surface area contributed by atoms with Gasteiger partial charge in [0.2, 0.25) is 5.91 Å². The first-order valence-corrected chi connectivity index (χ1v) is 9.96. The van der Waals surface area contributed by atoms with Gasteiger partial charge in [-0.25, -0.2) is 4.79 Å². The quantitative estimate of drug-likeness (QED) is 0.269. The van der Waals surface area contributed by atoms with Gasteiger partial charge in [0, 0.05) is 12.6 Å². The summed E-state index contributed by atoms with van der Waals surface area (Å²) in [6, 6.07) is 9.15. The molecule has 0 bridgehead atoms. The molecule has 1 aromatic rings. The zero-order valence-corrected chi connectivity index (χ0v) is 17.9. The van der Waals surface area contributed by atoms with Crippen LogP contribution in [-0.2, 0) is 16.0 Å². The predicted molar refractivity (Wildman–Crippen MR) is 115 cm³/mol. The Morgan fingerprint density at radius 1 is 1.10 bits per heavy atom. The van der Waals surface area contributed by atoms with E-state index < -0.39 is 17.7 Å². The largest absolute Gasteiger partial charge is 0.444 e. The molecule has 2 unspecified atom stereocenters. The topological polar surface area (TPSA) is 132 Å². The number of hydrogen-bond acceptors (Lipinski definition) is 4. The van der Waals surface area contributed by atoms with Gasteiger partial charge in [0.15, 0.2) is 5.96 Å². The maximum Gasteiger partial charge on any atom is 0.408 e. The molecule has 2 amide bonds. The molecule has 0 aromatic heterocycles. The molecular weight excluding hydrogens is 370 g/mol. The number of benzene rings is 1. The van der Waals surface area contributed by atoms with Crippen molar-refractivity contribution >= 4 is 18.0 Å². The number of unbranched alkanes of at least 4 members (excludes halogenated alkanes) is 1. The first kappa shape index (κ1) is 24.3. The fraction of sp³-hybridized carbons (Fsp3) is 0.571. The Kier molecular flexibility index (Phi) is 9.99. The maximum atomic E-state index is 12.8. The van der Waals surface area contributed by atoms with E-state index in [1.54, 1.807) is 20.8 Å². The van der Waals surface area contributed by atoms with Crippen molar-refractivity contribution < 1.29 is 14.3 Å². The van der Waals surface area contributed by atoms with Gasteiger partial charge in [0.05, 0.1) is 0 Å². The molecule has 29 heavy (non-hydrogen) atoms. The number of carbonyl (C=O) groups excluding carboxylic acids is 2. The van der Waals surface area contributed by atoms with E-state index in [4.69, 9.17) is 16.2 Å². The average molecular weight is 406 g/mol. The van der Waals surface area contributed by atoms with Crippen molar-refractivity contribution in [2.45, 2.75) is 71.1 Å². The average Bonchev–Trinajstić information content (AvgIpc) is 2.59. The van der Waals surface area contributed by atoms with Crippen molar-refractivity contribution in [3.05, 3.63) is 35.9 Å². The number of aliphatic imine (C=N–C) groups is 1. The van der Waals surface area contributed by atoms with E-state index >= 15 is 0 Å². The lowest BCUT2D eigenvalue weighted by atomic mass is 10.1. The van der Waals surface area contributed by atoms with E-state index in [1.807, 2.05) is 37.3 Å². The summed E-state index contributed by atoms with van der Waals surface area (Å²) in [5.74, 6) is -0.193. The molecule has 1 rings (SSSR count). The SMILES string of the molecule is CC(Cc1ccccc1)NC(=O)C(CCCCN=C(N)N)NC(=O)OC(C)(C)C. The van der Waals surface area contributed by atoms with Crippen molar-refractivity contribution in [1.29, 1.82) is 0 Å². The van der Waals surface area contributed by atoms with Crippen LogP contribution in [0.5, 0.6) is 0 Å². The third kappa shape index (κ3) is 11.6. The van der Waals surface area contributed by atoms with Gasteiger partial charge in [-0.05, 0) is 58.9 Å². The fourth-order valence-electron chi connectivity index (χ4n) is 2.75. The smallest absolute Gasteiger partial charge is 0.408 e. The summed E-state index contributed by atoms with van der Waals surface area (Å²) in [5.41, 5.74) is 11.1. The van der Waals surface area contributed by atoms with Crippen LogP contribution in [0.1, 0.15) is 52.5 Å². The first-order chi connectivity index (χ1) is 13.6. The van der Waals surface area contributed by atoms with E-state index in [-0.39, 0.29) is 17.9 Å². The Labute approximate surface area is 173 Å². The number of carbonyl (C=O) groups is 2. The summed E-state index contributed by atoms with van der Waals surface area (Å²) < 4.78 is 5.29. The highest BCUT2D eigenvalue weighted by molar-refractivity contribution is 5.85. The van der Waals surface area contributed by atoms with Crippen molar-refractivity contribution in [3.63, 3.8) is 0 Å². The molecule has 1 aromatic carbocycles. The molecule has 0 aliphatic rings. The summed E-state index contributed by atoms with van der Waals surface area (Å²) in [6.45, 7) is 7.75. The van der Waals surface area contributed by atoms with E-state index in [9.17, 15) is 9.59 Å². The lowest BCUT2D eigenvalue weighted by Crippen LogP contribution is -2.50. The van der Waals surface area contributed by atoms with Crippen molar-refractivity contribution in [2.75, 3.05) is 6.54 Å². The van der Waals surface area contributed by atoms with E-state index in [2.05, 4.69) is 15.6 Å². The number of ether oxygens (including phenoxy) is 1. The Morgan fingerprint density at radius 3 is 2.34 bits per heavy atom. The molecule has 0 spiro atoms. The van der Waals surface area contributed by atoms with Crippen molar-refractivity contribution in [2.24, 2.45) is 16.5 Å². The molecule has 2 atom stereocenters. The van der Waals surface area contributed by atoms with Crippen LogP contribution in [0, 0.1) is 0 Å². The van der Waals surface area contributed by atoms with Crippen LogP contribution in [0.2, 0.25) is 0 Å². The molecule has 0 aliphatic heterocycles. The minimum absolute atomic E-state index is 0.0425. The number of alkyl carbamates (subject to hydrolysis) is 1. The lowest BCUT2D eigenvalue weighted by molar-refractivity contribution is -0.124. The highest BCUT2D eigenvalue weighted by Crippen LogP contribution is 2.09. The highest BCUT2D eigenvalue weighted by atomic mass is 16.6. The Hall–Kier alpha value is -2.77. The molecule has 0 saturated heterocycles. The van der Waals surface area contributed by atoms with Crippen LogP contribution in [0.4, 0.5) is 4.79 Å². The minimum Gasteiger partial charge on any atom is -0.444 e. The van der Waals surface area contributed by atoms with E-state index in [0.717, 1.165) is 5.56 Å². The highest BCUT2D eigenvalue weighted by Gasteiger charge is 2.25. The number of amides is 2. The van der Waals surface area contributed by atoms with Gasteiger partial charge >= 0.3 is 6.09 Å². The Bertz CT molecular complexity index is 667. The third-order valence-electron chi connectivity index (χ3n) is 3.98. The number of guanidine groups is 1. The van der Waals surface area contributed by atoms with Gasteiger partial charge in [-0.15, -0.1) is 0 Å². The summed E-state index contributed by atoms with van der Waals surface area (Å²) in [5, 5.41) is 5.66. The zero-order chi connectivity index (χ0) is 21.9. The van der Waals surface area contributed by atoms with Gasteiger partial charge in [-0.3, -0.25) is 9.79 Å². The van der Waals surface area contributed by atoms with E-state index in [0.29, 0.717) is 32.2 Å². The number of hydrogen-bond donors (Lipinski definition) is 4. The first-order valence-electron chi connectivity index (χ1n) is 9.96. The normalized spacial score (nSPS) is 13.1. The number of nitrogens with one attached hydrogen (secondary N) is 2. The van der Waals surface area contributed by atoms with Gasteiger partial charge < -0.3 is 26.8 Å². The summed E-state index contributed by atoms with van der Waals surface area (Å²) >= 11 is 0. The zero-order valence-electron chi connectivity index (χ0n) is 17.9. The minimum atomic E-state index is -0.692. The monoisotopic (exact) mass is 405 g/mol. The second kappa shape index (κ2) is 11.9. The van der Waals surface area contributed by atoms with Crippen molar-refractivity contribution in [1.82, 2.24) is 10.6 Å². The Balaban J connectivity index is 2.65. The molecule has 6 N–H and O–H groups in total. The van der Waals surface area contributed by atoms with Gasteiger partial charge in [-0.2, -0.15) is 0 Å². The van der Waals surface area contributed by atoms with Gasteiger partial charge in [0.25, 0.3) is 0 Å². The molecule has 0 saturated carbocycles. The standard InChI is InChI=1S/C21H35N5O3/c1-15(14-16-10-6-5-7-11-16)25-18(27)17(12-8-9-13-24-19(22)23)26-20(28)29-21(2,3)4/h5-7,10-11,15,17H,8-9,12-14H2,1-4H3,(H,25,27)(H,26,28)(H4,22,23,24). The second-order valence-electron chi connectivity index (χ2n) is 8.10. The summed E-state index contributed by atoms with van der Waals surface area (Å²) in [6.07, 6.45) is 1.94. The number of rotatable bonds is 10. The predicted octanol–water partition coefficient (Wildman–Crippen LogP) is 2.07. The van der Waals surface area contributed by atoms with Crippen LogP contribution in [0.15, 0.2) is 35.3 Å². The maximum absolute atomic E-state index is 12.8. The van der Waals surface area contributed by atoms with Crippen LogP contribution in [-0.4, -0.2) is 42.2 Å². The lowest BCUT2D eigenvalue weighted by Gasteiger charge is -2.24. The third-order valence-corrected chi connectivity index (χ3v) is 3.98. The Morgan fingerprint density at radius 2 is 1.76 bits per heavy atom. The number of nitrogens with two attached hydrogens (primary N) is 2. The molecular formula is C21H35N5O3. The molecule has 8 nitrogen and oxygen atoms in total. The van der Waals surface area contributed by atoms with Gasteiger partial charge in [0.1, 0.15) is 11.6 Å². The molecule has 0 aliphatic carbocycles. The van der Waals surface area contributed by atoms with Crippen LogP contribution in [0.3, 0.4) is 0 Å². The van der Waals surface area contributed by atoms with E-state index in [1.165, 1.54) is 0 Å². The summed E-state index contributed by atoms with van der Waals surface area (Å²) in [4.78, 5) is 28.9. The molecule has 0 heterocycles. The van der Waals surface area contributed by atoms with Crippen LogP contribution < -0.4 is 22.1 Å². The van der Waals surface area contributed by atoms with Crippen molar-refractivity contribution in [3.8, 4) is 0 Å². The second-order valence-corrected chi connectivity index (χ2v) is 8.10. The number of nitrogens with zero attached hydrogens (tertiary/aromatic N) is 1. The molecule has 0 fully saturated rings. The fourth-order valence-corrected chi connectivity index (χ4v) is 2.75. The molecule has 8 heteroatoms. The molecule has 0 radical (unpaired) electrons. The van der Waals surface area contributed by atoms with Crippen LogP contribution >= 0.6 is 0 Å². The van der Waals surface area contributed by atoms with Gasteiger partial charge in [-0.1, -0.05) is 30.3 Å². The summed E-state index contributed by atoms with van der Waals surface area (Å²) in [7, 11) is 0. The molecule has 162 valence electrons.